The fourth-order valence-corrected chi connectivity index (χ4v) is 5.06. The zero-order valence-electron chi connectivity index (χ0n) is 26.2. The van der Waals surface area contributed by atoms with Crippen LogP contribution >= 0.6 is 0 Å². The predicted molar refractivity (Wildman–Crippen MR) is 176 cm³/mol. The first kappa shape index (κ1) is 36.1. The van der Waals surface area contributed by atoms with E-state index in [0.29, 0.717) is 11.1 Å². The van der Waals surface area contributed by atoms with Crippen molar-refractivity contribution in [1.29, 1.82) is 0 Å². The van der Waals surface area contributed by atoms with E-state index in [4.69, 9.17) is 10.8 Å². The highest BCUT2D eigenvalue weighted by atomic mass is 16.4. The number of nitrogens with two attached hydrogens (primary N) is 1. The summed E-state index contributed by atoms with van der Waals surface area (Å²) in [5, 5.41) is 41.4. The third kappa shape index (κ3) is 9.63. The molecule has 2 aromatic carbocycles. The molecule has 49 heavy (non-hydrogen) atoms. The van der Waals surface area contributed by atoms with Gasteiger partial charge in [-0.1, -0.05) is 36.4 Å². The third-order valence-electron chi connectivity index (χ3n) is 7.68. The van der Waals surface area contributed by atoms with E-state index in [1.165, 1.54) is 0 Å². The van der Waals surface area contributed by atoms with E-state index >= 15 is 0 Å². The number of rotatable bonds is 17. The molecule has 0 aliphatic rings. The number of hydrogen-bond donors (Lipinski definition) is 11. The van der Waals surface area contributed by atoms with Crippen LogP contribution in [0, 0.1) is 0 Å². The summed E-state index contributed by atoms with van der Waals surface area (Å²) in [6.07, 6.45) is 3.22. The minimum atomic E-state index is -1.63. The van der Waals surface area contributed by atoms with Gasteiger partial charge in [0.2, 0.25) is 29.5 Å². The van der Waals surface area contributed by atoms with Crippen LogP contribution in [0.2, 0.25) is 0 Å². The molecule has 4 rings (SSSR count). The summed E-state index contributed by atoms with van der Waals surface area (Å²) in [6.45, 7) is -2.61. The van der Waals surface area contributed by atoms with Crippen LogP contribution < -0.4 is 32.3 Å². The summed E-state index contributed by atoms with van der Waals surface area (Å²) in [7, 11) is 0. The molecule has 0 radical (unpaired) electrons. The molecule has 17 heteroatoms. The summed E-state index contributed by atoms with van der Waals surface area (Å²) in [6, 6.07) is 9.05. The lowest BCUT2D eigenvalue weighted by molar-refractivity contribution is -0.143. The number of aliphatic hydroxyl groups is 2. The normalized spacial score (nSPS) is 13.5. The number of carbonyl (C=O) groups is 6. The summed E-state index contributed by atoms with van der Waals surface area (Å²) >= 11 is 0. The summed E-state index contributed by atoms with van der Waals surface area (Å²) < 4.78 is 0. The van der Waals surface area contributed by atoms with Gasteiger partial charge in [-0.15, -0.1) is 0 Å². The van der Waals surface area contributed by atoms with Crippen LogP contribution in [0.15, 0.2) is 60.9 Å². The molecule has 0 aliphatic carbocycles. The van der Waals surface area contributed by atoms with E-state index in [9.17, 15) is 39.0 Å². The van der Waals surface area contributed by atoms with E-state index in [1.807, 2.05) is 36.4 Å². The summed E-state index contributed by atoms with van der Waals surface area (Å²) in [4.78, 5) is 82.0. The van der Waals surface area contributed by atoms with Crippen molar-refractivity contribution < 1.29 is 44.1 Å². The molecule has 4 aromatic rings. The van der Waals surface area contributed by atoms with Gasteiger partial charge in [0.1, 0.15) is 24.2 Å². The predicted octanol–water partition coefficient (Wildman–Crippen LogP) is -2.48. The SMILES string of the molecule is NC(CO)C(=O)NCC(=O)NCC(=O)NC(Cc1c[nH]c2ccccc12)C(=O)NC(Cc1c[nH]c2ccccc12)C(=O)NC(CO)C(=O)O. The van der Waals surface area contributed by atoms with Crippen molar-refractivity contribution in [3.8, 4) is 0 Å². The number of fused-ring (bicyclic) bond motifs is 2. The highest BCUT2D eigenvalue weighted by molar-refractivity contribution is 5.96. The fraction of sp³-hybridized carbons (Fsp3) is 0.312. The smallest absolute Gasteiger partial charge is 0.328 e. The van der Waals surface area contributed by atoms with Gasteiger partial charge in [-0.3, -0.25) is 24.0 Å². The van der Waals surface area contributed by atoms with Gasteiger partial charge >= 0.3 is 5.97 Å². The molecule has 4 atom stereocenters. The number of aliphatic hydroxyl groups excluding tert-OH is 2. The third-order valence-corrected chi connectivity index (χ3v) is 7.68. The number of carboxylic acids is 1. The quantitative estimate of drug-likeness (QED) is 0.0559. The number of nitrogens with one attached hydrogen (secondary N) is 7. The lowest BCUT2D eigenvalue weighted by atomic mass is 10.0. The van der Waals surface area contributed by atoms with Gasteiger partial charge in [-0.05, 0) is 23.3 Å². The molecule has 17 nitrogen and oxygen atoms in total. The lowest BCUT2D eigenvalue weighted by Crippen LogP contribution is -2.58. The molecule has 4 unspecified atom stereocenters. The van der Waals surface area contributed by atoms with Crippen LogP contribution in [0.25, 0.3) is 21.8 Å². The van der Waals surface area contributed by atoms with Gasteiger partial charge in [0.05, 0.1) is 26.3 Å². The van der Waals surface area contributed by atoms with E-state index in [-0.39, 0.29) is 12.8 Å². The first-order valence-corrected chi connectivity index (χ1v) is 15.2. The van der Waals surface area contributed by atoms with Gasteiger partial charge in [0.25, 0.3) is 0 Å². The number of aromatic nitrogens is 2. The maximum absolute atomic E-state index is 13.9. The molecule has 0 aliphatic heterocycles. The Hall–Kier alpha value is -5.78. The maximum Gasteiger partial charge on any atom is 0.328 e. The average Bonchev–Trinajstić information content (AvgIpc) is 3.71. The number of carboxylic acid groups (broad SMARTS) is 1. The van der Waals surface area contributed by atoms with Crippen molar-refractivity contribution in [1.82, 2.24) is 36.6 Å². The summed E-state index contributed by atoms with van der Waals surface area (Å²) in [5.74, 6) is -5.42. The molecule has 0 saturated carbocycles. The first-order valence-electron chi connectivity index (χ1n) is 15.2. The van der Waals surface area contributed by atoms with E-state index in [1.54, 1.807) is 24.5 Å². The van der Waals surface area contributed by atoms with Crippen molar-refractivity contribution >= 4 is 57.3 Å². The number of aromatic amines is 2. The fourth-order valence-electron chi connectivity index (χ4n) is 5.06. The average molecular weight is 679 g/mol. The van der Waals surface area contributed by atoms with Gasteiger partial charge in [-0.2, -0.15) is 0 Å². The second-order valence-corrected chi connectivity index (χ2v) is 11.2. The highest BCUT2D eigenvalue weighted by Crippen LogP contribution is 2.21. The second-order valence-electron chi connectivity index (χ2n) is 11.2. The maximum atomic E-state index is 13.9. The van der Waals surface area contributed by atoms with Crippen LogP contribution in [0.5, 0.6) is 0 Å². The zero-order chi connectivity index (χ0) is 35.5. The molecule has 5 amide bonds. The molecule has 0 fully saturated rings. The molecule has 2 heterocycles. The number of hydrogen-bond acceptors (Lipinski definition) is 9. The Morgan fingerprint density at radius 2 is 1.12 bits per heavy atom. The lowest BCUT2D eigenvalue weighted by Gasteiger charge is -2.24. The zero-order valence-corrected chi connectivity index (χ0v) is 26.2. The van der Waals surface area contributed by atoms with Gasteiger partial charge in [-0.25, -0.2) is 4.79 Å². The number of H-pyrrole nitrogens is 2. The van der Waals surface area contributed by atoms with E-state index in [2.05, 4.69) is 36.6 Å². The van der Waals surface area contributed by atoms with Crippen LogP contribution in [0.3, 0.4) is 0 Å². The number of amides is 5. The molecule has 260 valence electrons. The monoisotopic (exact) mass is 678 g/mol. The Labute approximate surface area is 279 Å². The minimum absolute atomic E-state index is 0.0412. The van der Waals surface area contributed by atoms with E-state index < -0.39 is 86.0 Å². The summed E-state index contributed by atoms with van der Waals surface area (Å²) in [5.41, 5.74) is 8.24. The number of para-hydroxylation sites is 2. The molecular formula is C32H38N8O9. The Bertz CT molecular complexity index is 1820. The van der Waals surface area contributed by atoms with Crippen LogP contribution in [-0.2, 0) is 41.6 Å². The topological polar surface area (TPSA) is 281 Å². The number of carbonyl (C=O) groups excluding carboxylic acids is 5. The number of aliphatic carboxylic acids is 1. The van der Waals surface area contributed by atoms with Crippen molar-refractivity contribution in [2.75, 3.05) is 26.3 Å². The first-order chi connectivity index (χ1) is 23.5. The Balaban J connectivity index is 1.54. The van der Waals surface area contributed by atoms with Crippen LogP contribution in [0.4, 0.5) is 0 Å². The largest absolute Gasteiger partial charge is 0.480 e. The van der Waals surface area contributed by atoms with E-state index in [0.717, 1.165) is 21.8 Å². The number of benzene rings is 2. The van der Waals surface area contributed by atoms with Crippen LogP contribution in [-0.4, -0.2) is 111 Å². The van der Waals surface area contributed by atoms with Gasteiger partial charge in [0, 0.05) is 47.0 Å². The molecule has 12 N–H and O–H groups in total. The standard InChI is InChI=1S/C32H38N8O9/c33-21(15-41)29(45)37-13-27(43)36-14-28(44)38-24(9-17-11-34-22-7-3-1-5-19(17)22)30(46)39-25(31(47)40-26(16-42)32(48)49)10-18-12-35-23-8-4-2-6-20(18)23/h1-8,11-12,21,24-26,34-35,41-42H,9-10,13-16,33H2,(H,36,43)(H,37,45)(H,38,44)(H,39,46)(H,40,47)(H,48,49). The highest BCUT2D eigenvalue weighted by Gasteiger charge is 2.31. The van der Waals surface area contributed by atoms with Crippen molar-refractivity contribution in [2.24, 2.45) is 5.73 Å². The van der Waals surface area contributed by atoms with Crippen molar-refractivity contribution in [2.45, 2.75) is 37.0 Å². The van der Waals surface area contributed by atoms with Crippen LogP contribution in [0.1, 0.15) is 11.1 Å². The Morgan fingerprint density at radius 1 is 0.633 bits per heavy atom. The minimum Gasteiger partial charge on any atom is -0.480 e. The second kappa shape index (κ2) is 16.9. The molecule has 0 spiro atoms. The van der Waals surface area contributed by atoms with Gasteiger partial charge in [0.15, 0.2) is 0 Å². The van der Waals surface area contributed by atoms with Crippen molar-refractivity contribution in [3.63, 3.8) is 0 Å². The molecule has 0 bridgehead atoms. The van der Waals surface area contributed by atoms with Gasteiger partial charge < -0.3 is 57.6 Å². The Morgan fingerprint density at radius 3 is 1.63 bits per heavy atom. The molecular weight excluding hydrogens is 640 g/mol. The molecule has 2 aromatic heterocycles. The molecule has 0 saturated heterocycles. The van der Waals surface area contributed by atoms with Crippen molar-refractivity contribution in [3.05, 3.63) is 72.1 Å². The Kier molecular flexibility index (Phi) is 12.4.